The van der Waals surface area contributed by atoms with Crippen molar-refractivity contribution in [2.75, 3.05) is 0 Å². The highest BCUT2D eigenvalue weighted by Crippen LogP contribution is 2.17. The van der Waals surface area contributed by atoms with Gasteiger partial charge in [-0.25, -0.2) is 4.98 Å². The number of aryl methyl sites for hydroxylation is 4. The van der Waals surface area contributed by atoms with Gasteiger partial charge >= 0.3 is 0 Å². The van der Waals surface area contributed by atoms with E-state index in [1.165, 1.54) is 16.7 Å². The van der Waals surface area contributed by atoms with Crippen molar-refractivity contribution in [1.82, 2.24) is 9.55 Å². The highest BCUT2D eigenvalue weighted by atomic mass is 16.1. The maximum absolute atomic E-state index is 12.6. The van der Waals surface area contributed by atoms with E-state index in [1.54, 1.807) is 11.6 Å². The van der Waals surface area contributed by atoms with Crippen LogP contribution in [0, 0.1) is 20.8 Å². The molecule has 2 heterocycles. The third-order valence-corrected chi connectivity index (χ3v) is 4.15. The molecular weight excluding hydrogens is 272 g/mol. The zero-order valence-electron chi connectivity index (χ0n) is 13.5. The summed E-state index contributed by atoms with van der Waals surface area (Å²) in [6, 6.07) is 12.4. The van der Waals surface area contributed by atoms with Crippen LogP contribution in [-0.2, 0) is 13.5 Å². The number of pyridine rings is 2. The molecule has 0 radical (unpaired) electrons. The normalized spacial score (nSPS) is 11.1. The fourth-order valence-corrected chi connectivity index (χ4v) is 2.87. The van der Waals surface area contributed by atoms with E-state index in [-0.39, 0.29) is 5.56 Å². The van der Waals surface area contributed by atoms with Crippen LogP contribution in [-0.4, -0.2) is 9.55 Å². The Labute approximate surface area is 130 Å². The molecule has 3 heteroatoms. The molecule has 3 aromatic rings. The molecule has 3 nitrogen and oxygen atoms in total. The van der Waals surface area contributed by atoms with E-state index >= 15 is 0 Å². The van der Waals surface area contributed by atoms with Gasteiger partial charge in [0.15, 0.2) is 0 Å². The Morgan fingerprint density at radius 3 is 2.50 bits per heavy atom. The molecule has 112 valence electrons. The van der Waals surface area contributed by atoms with E-state index in [2.05, 4.69) is 37.0 Å². The third-order valence-electron chi connectivity index (χ3n) is 4.15. The van der Waals surface area contributed by atoms with Gasteiger partial charge in [-0.05, 0) is 50.1 Å². The van der Waals surface area contributed by atoms with E-state index < -0.39 is 0 Å². The molecule has 1 aromatic carbocycles. The molecule has 3 rings (SSSR count). The second-order valence-electron chi connectivity index (χ2n) is 6.01. The van der Waals surface area contributed by atoms with Crippen molar-refractivity contribution in [3.05, 3.63) is 74.7 Å². The molecule has 0 aliphatic carbocycles. The van der Waals surface area contributed by atoms with E-state index in [4.69, 9.17) is 0 Å². The molecule has 0 N–H and O–H groups in total. The summed E-state index contributed by atoms with van der Waals surface area (Å²) in [6.45, 7) is 6.12. The number of rotatable bonds is 2. The fourth-order valence-electron chi connectivity index (χ4n) is 2.87. The zero-order chi connectivity index (χ0) is 15.9. The smallest absolute Gasteiger partial charge is 0.255 e. The summed E-state index contributed by atoms with van der Waals surface area (Å²) in [5.74, 6) is 0. The van der Waals surface area contributed by atoms with Gasteiger partial charge < -0.3 is 0 Å². The Morgan fingerprint density at radius 1 is 1.00 bits per heavy atom. The molecular formula is C19H20N2O. The fraction of sp³-hybridized carbons (Fsp3) is 0.263. The SMILES string of the molecule is Cc1ccc(Cc2cc3ccc(C)nc3n(C)c2=O)c(C)c1. The number of benzene rings is 1. The molecule has 2 aromatic heterocycles. The quantitative estimate of drug-likeness (QED) is 0.725. The maximum atomic E-state index is 12.6. The topological polar surface area (TPSA) is 34.9 Å². The molecule has 0 aliphatic heterocycles. The van der Waals surface area contributed by atoms with Crippen LogP contribution in [0.2, 0.25) is 0 Å². The highest BCUT2D eigenvalue weighted by Gasteiger charge is 2.10. The van der Waals surface area contributed by atoms with Crippen LogP contribution in [0.1, 0.15) is 27.9 Å². The highest BCUT2D eigenvalue weighted by molar-refractivity contribution is 5.76. The Balaban J connectivity index is 2.13. The van der Waals surface area contributed by atoms with Gasteiger partial charge in [-0.15, -0.1) is 0 Å². The predicted octanol–water partition coefficient (Wildman–Crippen LogP) is 3.45. The minimum Gasteiger partial charge on any atom is -0.296 e. The van der Waals surface area contributed by atoms with Crippen LogP contribution in [0.5, 0.6) is 0 Å². The summed E-state index contributed by atoms with van der Waals surface area (Å²) in [6.07, 6.45) is 0.655. The zero-order valence-corrected chi connectivity index (χ0v) is 13.5. The first-order valence-electron chi connectivity index (χ1n) is 7.48. The average molecular weight is 292 g/mol. The number of hydrogen-bond donors (Lipinski definition) is 0. The molecule has 0 spiro atoms. The maximum Gasteiger partial charge on any atom is 0.255 e. The van der Waals surface area contributed by atoms with Gasteiger partial charge in [-0.3, -0.25) is 9.36 Å². The monoisotopic (exact) mass is 292 g/mol. The molecule has 22 heavy (non-hydrogen) atoms. The van der Waals surface area contributed by atoms with Crippen LogP contribution in [0.25, 0.3) is 11.0 Å². The van der Waals surface area contributed by atoms with Crippen molar-refractivity contribution < 1.29 is 0 Å². The lowest BCUT2D eigenvalue weighted by atomic mass is 9.99. The van der Waals surface area contributed by atoms with Crippen molar-refractivity contribution in [2.45, 2.75) is 27.2 Å². The van der Waals surface area contributed by atoms with Gasteiger partial charge in [0, 0.05) is 30.1 Å². The first kappa shape index (κ1) is 14.5. The second kappa shape index (κ2) is 5.41. The van der Waals surface area contributed by atoms with Crippen molar-refractivity contribution in [3.63, 3.8) is 0 Å². The third kappa shape index (κ3) is 2.54. The molecule has 0 aliphatic rings. The first-order valence-corrected chi connectivity index (χ1v) is 7.48. The molecule has 0 atom stereocenters. The molecule has 0 unspecified atom stereocenters. The summed E-state index contributed by atoms with van der Waals surface area (Å²) in [4.78, 5) is 17.1. The lowest BCUT2D eigenvalue weighted by Crippen LogP contribution is -2.22. The van der Waals surface area contributed by atoms with Gasteiger partial charge in [-0.2, -0.15) is 0 Å². The number of aromatic nitrogens is 2. The van der Waals surface area contributed by atoms with E-state index in [0.29, 0.717) is 6.42 Å². The van der Waals surface area contributed by atoms with E-state index in [9.17, 15) is 4.79 Å². The second-order valence-corrected chi connectivity index (χ2v) is 6.01. The Hall–Kier alpha value is -2.42. The van der Waals surface area contributed by atoms with Crippen molar-refractivity contribution in [3.8, 4) is 0 Å². The van der Waals surface area contributed by atoms with E-state index in [1.807, 2.05) is 25.1 Å². The molecule has 0 fully saturated rings. The van der Waals surface area contributed by atoms with Gasteiger partial charge in [-0.1, -0.05) is 23.8 Å². The average Bonchev–Trinajstić information content (AvgIpc) is 2.48. The molecule has 0 bridgehead atoms. The van der Waals surface area contributed by atoms with Crippen LogP contribution in [0.15, 0.2) is 41.2 Å². The Kier molecular flexibility index (Phi) is 3.57. The van der Waals surface area contributed by atoms with Gasteiger partial charge in [0.25, 0.3) is 5.56 Å². The molecule has 0 saturated carbocycles. The van der Waals surface area contributed by atoms with Crippen molar-refractivity contribution in [2.24, 2.45) is 7.05 Å². The summed E-state index contributed by atoms with van der Waals surface area (Å²) < 4.78 is 1.65. The summed E-state index contributed by atoms with van der Waals surface area (Å²) >= 11 is 0. The van der Waals surface area contributed by atoms with Crippen molar-refractivity contribution >= 4 is 11.0 Å². The van der Waals surface area contributed by atoms with Crippen molar-refractivity contribution in [1.29, 1.82) is 0 Å². The lowest BCUT2D eigenvalue weighted by Gasteiger charge is -2.10. The standard InChI is InChI=1S/C19H20N2O/c1-12-5-7-15(13(2)9-12)10-17-11-16-8-6-14(3)20-18(16)21(4)19(17)22/h5-9,11H,10H2,1-4H3. The number of fused-ring (bicyclic) bond motifs is 1. The predicted molar refractivity (Wildman–Crippen MR) is 90.4 cm³/mol. The van der Waals surface area contributed by atoms with Crippen LogP contribution >= 0.6 is 0 Å². The Bertz CT molecular complexity index is 923. The van der Waals surface area contributed by atoms with Crippen LogP contribution in [0.3, 0.4) is 0 Å². The van der Waals surface area contributed by atoms with Crippen LogP contribution < -0.4 is 5.56 Å². The minimum atomic E-state index is 0.0329. The molecule has 0 amide bonds. The van der Waals surface area contributed by atoms with Gasteiger partial charge in [0.05, 0.1) is 0 Å². The number of nitrogens with zero attached hydrogens (tertiary/aromatic N) is 2. The summed E-state index contributed by atoms with van der Waals surface area (Å²) in [5, 5.41) is 1.01. The number of hydrogen-bond acceptors (Lipinski definition) is 2. The van der Waals surface area contributed by atoms with Gasteiger partial charge in [0.2, 0.25) is 0 Å². The van der Waals surface area contributed by atoms with Gasteiger partial charge in [0.1, 0.15) is 5.65 Å². The minimum absolute atomic E-state index is 0.0329. The Morgan fingerprint density at radius 2 is 1.77 bits per heavy atom. The summed E-state index contributed by atoms with van der Waals surface area (Å²) in [5.41, 5.74) is 6.18. The lowest BCUT2D eigenvalue weighted by molar-refractivity contribution is 0.862. The first-order chi connectivity index (χ1) is 10.5. The van der Waals surface area contributed by atoms with E-state index in [0.717, 1.165) is 22.3 Å². The molecule has 0 saturated heterocycles. The summed E-state index contributed by atoms with van der Waals surface area (Å²) in [7, 11) is 1.79. The largest absolute Gasteiger partial charge is 0.296 e. The van der Waals surface area contributed by atoms with Crippen LogP contribution in [0.4, 0.5) is 0 Å².